The van der Waals surface area contributed by atoms with Gasteiger partial charge in [0.15, 0.2) is 0 Å². The molecule has 0 spiro atoms. The molecule has 4 nitrogen and oxygen atoms in total. The summed E-state index contributed by atoms with van der Waals surface area (Å²) < 4.78 is 0. The molecule has 1 atom stereocenters. The number of hydrogen-bond acceptors (Lipinski definition) is 4. The number of nitrogen functional groups attached to an aromatic ring is 1. The Bertz CT molecular complexity index is 377. The minimum Gasteiger partial charge on any atom is -0.397 e. The summed E-state index contributed by atoms with van der Waals surface area (Å²) in [7, 11) is 0. The molecule has 0 bridgehead atoms. The van der Waals surface area contributed by atoms with E-state index in [2.05, 4.69) is 22.1 Å². The lowest BCUT2D eigenvalue weighted by Gasteiger charge is -2.22. The van der Waals surface area contributed by atoms with Gasteiger partial charge in [-0.2, -0.15) is 0 Å². The lowest BCUT2D eigenvalue weighted by atomic mass is 10.3. The van der Waals surface area contributed by atoms with Gasteiger partial charge in [-0.1, -0.05) is 11.6 Å². The summed E-state index contributed by atoms with van der Waals surface area (Å²) >= 11 is 6.07. The summed E-state index contributed by atoms with van der Waals surface area (Å²) in [5.74, 6) is 0.715. The zero-order valence-corrected chi connectivity index (χ0v) is 10.9. The third-order valence-electron chi connectivity index (χ3n) is 2.98. The molecule has 3 N–H and O–H groups in total. The number of anilines is 2. The minimum atomic E-state index is 0.335. The van der Waals surface area contributed by atoms with E-state index in [1.807, 2.05) is 0 Å². The van der Waals surface area contributed by atoms with Crippen LogP contribution in [0.4, 0.5) is 11.5 Å². The molecule has 1 aromatic rings. The summed E-state index contributed by atoms with van der Waals surface area (Å²) in [6, 6.07) is 2.06. The number of aromatic nitrogens is 1. The van der Waals surface area contributed by atoms with E-state index in [0.29, 0.717) is 22.6 Å². The number of likely N-dealkylation sites (tertiary alicyclic amines) is 1. The van der Waals surface area contributed by atoms with E-state index < -0.39 is 0 Å². The van der Waals surface area contributed by atoms with Crippen molar-refractivity contribution < 1.29 is 0 Å². The quantitative estimate of drug-likeness (QED) is 0.865. The van der Waals surface area contributed by atoms with Crippen LogP contribution in [0.15, 0.2) is 12.3 Å². The number of nitrogens with two attached hydrogens (primary N) is 1. The summed E-state index contributed by atoms with van der Waals surface area (Å²) in [6.45, 7) is 5.58. The average molecular weight is 255 g/mol. The summed E-state index contributed by atoms with van der Waals surface area (Å²) in [5.41, 5.74) is 6.20. The molecule has 2 rings (SSSR count). The van der Waals surface area contributed by atoms with Crippen LogP contribution in [0.5, 0.6) is 0 Å². The number of hydrogen-bond donors (Lipinski definition) is 2. The van der Waals surface area contributed by atoms with Crippen LogP contribution in [0.1, 0.15) is 19.8 Å². The Morgan fingerprint density at radius 1 is 1.53 bits per heavy atom. The largest absolute Gasteiger partial charge is 0.397 e. The highest BCUT2D eigenvalue weighted by atomic mass is 35.5. The van der Waals surface area contributed by atoms with E-state index in [0.717, 1.165) is 6.54 Å². The monoisotopic (exact) mass is 254 g/mol. The van der Waals surface area contributed by atoms with Crippen LogP contribution < -0.4 is 11.1 Å². The maximum absolute atomic E-state index is 6.07. The fraction of sp³-hybridized carbons (Fsp3) is 0.583. The maximum atomic E-state index is 6.07. The van der Waals surface area contributed by atoms with Crippen LogP contribution in [-0.2, 0) is 0 Å². The SMILES string of the molecule is CC(CN1CCCC1)Nc1ncc(N)cc1Cl. The van der Waals surface area contributed by atoms with Crippen molar-refractivity contribution in [3.63, 3.8) is 0 Å². The first-order chi connectivity index (χ1) is 8.15. The van der Waals surface area contributed by atoms with Gasteiger partial charge in [-0.05, 0) is 38.9 Å². The van der Waals surface area contributed by atoms with Crippen LogP contribution in [0.3, 0.4) is 0 Å². The van der Waals surface area contributed by atoms with Crippen LogP contribution in [0.2, 0.25) is 5.02 Å². The van der Waals surface area contributed by atoms with Gasteiger partial charge >= 0.3 is 0 Å². The second-order valence-corrected chi connectivity index (χ2v) is 5.06. The van der Waals surface area contributed by atoms with Crippen LogP contribution in [-0.4, -0.2) is 35.6 Å². The average Bonchev–Trinajstić information content (AvgIpc) is 2.75. The van der Waals surface area contributed by atoms with E-state index in [1.165, 1.54) is 25.9 Å². The standard InChI is InChI=1S/C12H19ClN4/c1-9(8-17-4-2-3-5-17)16-12-11(13)6-10(14)7-15-12/h6-7,9H,2-5,8,14H2,1H3,(H,15,16). The molecule has 1 saturated heterocycles. The third-order valence-corrected chi connectivity index (χ3v) is 3.26. The Balaban J connectivity index is 1.90. The summed E-state index contributed by atoms with van der Waals surface area (Å²) in [6.07, 6.45) is 4.25. The molecule has 0 aromatic carbocycles. The van der Waals surface area contributed by atoms with Gasteiger partial charge in [0, 0.05) is 12.6 Å². The van der Waals surface area contributed by atoms with E-state index in [4.69, 9.17) is 17.3 Å². The fourth-order valence-corrected chi connectivity index (χ4v) is 2.42. The van der Waals surface area contributed by atoms with Gasteiger partial charge in [-0.25, -0.2) is 4.98 Å². The van der Waals surface area contributed by atoms with E-state index in [1.54, 1.807) is 12.3 Å². The van der Waals surface area contributed by atoms with Crippen molar-refractivity contribution in [2.24, 2.45) is 0 Å². The van der Waals surface area contributed by atoms with Gasteiger partial charge in [-0.15, -0.1) is 0 Å². The number of nitrogens with one attached hydrogen (secondary N) is 1. The van der Waals surface area contributed by atoms with Crippen molar-refractivity contribution in [2.45, 2.75) is 25.8 Å². The van der Waals surface area contributed by atoms with Gasteiger partial charge in [0.1, 0.15) is 5.82 Å². The highest BCUT2D eigenvalue weighted by Crippen LogP contribution is 2.22. The van der Waals surface area contributed by atoms with Crippen molar-refractivity contribution in [1.29, 1.82) is 0 Å². The topological polar surface area (TPSA) is 54.2 Å². The van der Waals surface area contributed by atoms with Crippen molar-refractivity contribution in [2.75, 3.05) is 30.7 Å². The van der Waals surface area contributed by atoms with Crippen LogP contribution in [0.25, 0.3) is 0 Å². The van der Waals surface area contributed by atoms with Crippen molar-refractivity contribution in [3.05, 3.63) is 17.3 Å². The lowest BCUT2D eigenvalue weighted by molar-refractivity contribution is 0.327. The molecule has 1 aliphatic heterocycles. The van der Waals surface area contributed by atoms with Crippen LogP contribution >= 0.6 is 11.6 Å². The number of pyridine rings is 1. The highest BCUT2D eigenvalue weighted by Gasteiger charge is 2.15. The van der Waals surface area contributed by atoms with Gasteiger partial charge < -0.3 is 16.0 Å². The fourth-order valence-electron chi connectivity index (χ4n) is 2.19. The van der Waals surface area contributed by atoms with Gasteiger partial charge in [-0.3, -0.25) is 0 Å². The molecule has 2 heterocycles. The lowest BCUT2D eigenvalue weighted by Crippen LogP contribution is -2.33. The zero-order chi connectivity index (χ0) is 12.3. The van der Waals surface area contributed by atoms with Gasteiger partial charge in [0.25, 0.3) is 0 Å². The predicted octanol–water partition coefficient (Wildman–Crippen LogP) is 2.21. The number of rotatable bonds is 4. The Morgan fingerprint density at radius 3 is 2.88 bits per heavy atom. The Hall–Kier alpha value is -1.00. The van der Waals surface area contributed by atoms with Gasteiger partial charge in [0.05, 0.1) is 16.9 Å². The smallest absolute Gasteiger partial charge is 0.145 e. The first-order valence-corrected chi connectivity index (χ1v) is 6.43. The number of nitrogens with zero attached hydrogens (tertiary/aromatic N) is 2. The normalized spacial score (nSPS) is 18.2. The molecule has 94 valence electrons. The molecular formula is C12H19ClN4. The highest BCUT2D eigenvalue weighted by molar-refractivity contribution is 6.33. The van der Waals surface area contributed by atoms with Gasteiger partial charge in [0.2, 0.25) is 0 Å². The first kappa shape index (κ1) is 12.5. The summed E-state index contributed by atoms with van der Waals surface area (Å²) in [4.78, 5) is 6.67. The van der Waals surface area contributed by atoms with Crippen molar-refractivity contribution >= 4 is 23.1 Å². The molecule has 17 heavy (non-hydrogen) atoms. The van der Waals surface area contributed by atoms with Crippen LogP contribution in [0, 0.1) is 0 Å². The number of halogens is 1. The van der Waals surface area contributed by atoms with E-state index in [-0.39, 0.29) is 0 Å². The second-order valence-electron chi connectivity index (χ2n) is 4.65. The second kappa shape index (κ2) is 5.56. The Labute approximate surface area is 107 Å². The third kappa shape index (κ3) is 3.48. The molecule has 0 radical (unpaired) electrons. The zero-order valence-electron chi connectivity index (χ0n) is 10.1. The molecule has 0 saturated carbocycles. The molecule has 0 amide bonds. The molecule has 1 aliphatic rings. The maximum Gasteiger partial charge on any atom is 0.145 e. The molecule has 1 unspecified atom stereocenters. The van der Waals surface area contributed by atoms with Crippen molar-refractivity contribution in [3.8, 4) is 0 Å². The van der Waals surface area contributed by atoms with E-state index >= 15 is 0 Å². The van der Waals surface area contributed by atoms with E-state index in [9.17, 15) is 0 Å². The minimum absolute atomic E-state index is 0.335. The molecule has 1 aromatic heterocycles. The molecule has 0 aliphatic carbocycles. The predicted molar refractivity (Wildman–Crippen MR) is 72.4 cm³/mol. The Morgan fingerprint density at radius 2 is 2.24 bits per heavy atom. The van der Waals surface area contributed by atoms with Crippen molar-refractivity contribution in [1.82, 2.24) is 9.88 Å². The summed E-state index contributed by atoms with van der Waals surface area (Å²) in [5, 5.41) is 3.91. The molecule has 5 heteroatoms. The molecular weight excluding hydrogens is 236 g/mol. The Kier molecular flexibility index (Phi) is 4.07. The first-order valence-electron chi connectivity index (χ1n) is 6.05. The molecule has 1 fully saturated rings.